The maximum atomic E-state index is 13.8. The van der Waals surface area contributed by atoms with E-state index in [2.05, 4.69) is 14.2 Å². The molecule has 0 aromatic rings. The van der Waals surface area contributed by atoms with E-state index in [4.69, 9.17) is 0 Å². The summed E-state index contributed by atoms with van der Waals surface area (Å²) >= 11 is 0. The van der Waals surface area contributed by atoms with E-state index in [1.54, 1.807) is 0 Å². The van der Waals surface area contributed by atoms with Crippen molar-refractivity contribution in [2.24, 2.45) is 0 Å². The summed E-state index contributed by atoms with van der Waals surface area (Å²) in [4.78, 5) is 50.1. The van der Waals surface area contributed by atoms with Crippen molar-refractivity contribution in [2.45, 2.75) is 23.3 Å². The highest BCUT2D eigenvalue weighted by molar-refractivity contribution is 6.12. The molecule has 0 aromatic carbocycles. The smallest absolute Gasteiger partial charge is 0.313 e. The van der Waals surface area contributed by atoms with Gasteiger partial charge in [-0.05, 0) is 0 Å². The fourth-order valence-corrected chi connectivity index (χ4v) is 1.74. The molecule has 0 aliphatic carbocycles. The van der Waals surface area contributed by atoms with Gasteiger partial charge in [0.05, 0.1) is 0 Å². The molecule has 0 bridgehead atoms. The second-order valence-electron chi connectivity index (χ2n) is 5.43. The summed E-state index contributed by atoms with van der Waals surface area (Å²) in [5.74, 6) is -14.1. The minimum Gasteiger partial charge on any atom is -0.313 e. The average Bonchev–Trinajstić information content (AvgIpc) is 2.67. The van der Waals surface area contributed by atoms with Crippen LogP contribution in [-0.4, -0.2) is 82.9 Å². The zero-order valence-corrected chi connectivity index (χ0v) is 17.1. The zero-order valence-electron chi connectivity index (χ0n) is 15.1. The molecule has 21 nitrogen and oxygen atoms in total. The van der Waals surface area contributed by atoms with Crippen LogP contribution in [0.4, 0.5) is 13.2 Å². The lowest BCUT2D eigenvalue weighted by atomic mass is 10.5. The predicted molar refractivity (Wildman–Crippen MR) is 84.0 cm³/mol. The van der Waals surface area contributed by atoms with Gasteiger partial charge < -0.3 is 14.2 Å². The lowest BCUT2D eigenvalue weighted by Crippen LogP contribution is -2.56. The van der Waals surface area contributed by atoms with Crippen LogP contribution in [0.1, 0.15) is 0 Å². The van der Waals surface area contributed by atoms with Crippen molar-refractivity contribution in [1.29, 1.82) is 0 Å². The maximum Gasteiger partial charge on any atom is 0.637 e. The lowest BCUT2D eigenvalue weighted by molar-refractivity contribution is -0.840. The number of nitro groups is 6. The molecule has 0 fully saturated rings. The topological polar surface area (TPSA) is 287 Å². The summed E-state index contributed by atoms with van der Waals surface area (Å²) < 4.78 is 54.0. The second-order valence-corrected chi connectivity index (χ2v) is 6.65. The summed E-state index contributed by atoms with van der Waals surface area (Å²) in [7, 11) is -1.18. The Morgan fingerprint density at radius 3 is 0.812 bits per heavy atom. The number of ether oxygens (including phenoxy) is 3. The first-order chi connectivity index (χ1) is 14.3. The summed E-state index contributed by atoms with van der Waals surface area (Å²) in [6.07, 6.45) is 0. The van der Waals surface area contributed by atoms with Crippen molar-refractivity contribution in [1.82, 2.24) is 0 Å². The number of rotatable bonds is 15. The molecule has 0 atom stereocenters. The first-order valence-corrected chi connectivity index (χ1v) is 8.14. The average molecular weight is 502 g/mol. The van der Waals surface area contributed by atoms with Gasteiger partial charge in [0.25, 0.3) is 0 Å². The van der Waals surface area contributed by atoms with Crippen LogP contribution in [0, 0.1) is 60.7 Å². The highest BCUT2D eigenvalue weighted by Crippen LogP contribution is 2.25. The minimum absolute atomic E-state index is 1.18. The molecule has 182 valence electrons. The molecular formula is C7H9F3N6O15Si. The molecule has 0 aromatic heterocycles. The van der Waals surface area contributed by atoms with Gasteiger partial charge in [0.2, 0.25) is 25.4 Å². The van der Waals surface area contributed by atoms with Crippen LogP contribution in [0.15, 0.2) is 0 Å². The largest absolute Gasteiger partial charge is 0.637 e. The quantitative estimate of drug-likeness (QED) is 0.0737. The molecule has 0 aliphatic rings. The summed E-state index contributed by atoms with van der Waals surface area (Å²) in [6, 6.07) is 0. The number of halogens is 3. The summed E-state index contributed by atoms with van der Waals surface area (Å²) in [6.45, 7) is -7.03. The van der Waals surface area contributed by atoms with Crippen LogP contribution in [0.2, 0.25) is 0 Å². The van der Waals surface area contributed by atoms with Crippen LogP contribution in [0.25, 0.3) is 0 Å². The van der Waals surface area contributed by atoms with Gasteiger partial charge in [0.1, 0.15) is 39.8 Å². The van der Waals surface area contributed by atoms with Crippen LogP contribution in [-0.2, 0) is 14.2 Å². The number of hydrogen-bond donors (Lipinski definition) is 0. The molecule has 0 heterocycles. The van der Waals surface area contributed by atoms with Crippen LogP contribution < -0.4 is 0 Å². The van der Waals surface area contributed by atoms with Crippen molar-refractivity contribution in [3.8, 4) is 0 Å². The molecule has 25 heteroatoms. The molecule has 0 radical (unpaired) electrons. The third kappa shape index (κ3) is 5.92. The number of alkyl halides is 3. The number of hydrogen-bond acceptors (Lipinski definition) is 15. The van der Waals surface area contributed by atoms with Gasteiger partial charge in [0.15, 0.2) is 0 Å². The van der Waals surface area contributed by atoms with E-state index in [1.165, 1.54) is 0 Å². The Hall–Kier alpha value is -3.71. The molecule has 0 rings (SSSR count). The van der Waals surface area contributed by atoms with Crippen LogP contribution in [0.3, 0.4) is 0 Å². The second kappa shape index (κ2) is 9.61. The fraction of sp³-hybridized carbons (Fsp3) is 1.00. The SMILES string of the molecule is O=[N+]([O-])C(F)(COC([SiH3])(OCC(F)([N+](=O)[O-])[N+](=O)[O-])OCC(F)([N+](=O)[O-])[N+](=O)[O-])[N+](=O)[O-]. The maximum absolute atomic E-state index is 13.8. The van der Waals surface area contributed by atoms with Gasteiger partial charge in [0, 0.05) is 0 Å². The van der Waals surface area contributed by atoms with Gasteiger partial charge in [-0.3, -0.25) is 60.7 Å². The molecule has 0 unspecified atom stereocenters. The van der Waals surface area contributed by atoms with Gasteiger partial charge >= 0.3 is 17.7 Å². The highest BCUT2D eigenvalue weighted by atomic mass is 28.1. The van der Waals surface area contributed by atoms with Gasteiger partial charge in [-0.15, -0.1) is 0 Å². The van der Waals surface area contributed by atoms with E-state index in [-0.39, 0.29) is 0 Å². The van der Waals surface area contributed by atoms with Crippen molar-refractivity contribution >= 4 is 10.2 Å². The zero-order chi connectivity index (χ0) is 25.7. The molecule has 0 amide bonds. The highest BCUT2D eigenvalue weighted by Gasteiger charge is 2.64. The molecule has 0 aliphatic heterocycles. The van der Waals surface area contributed by atoms with Crippen molar-refractivity contribution in [3.05, 3.63) is 60.7 Å². The first-order valence-electron chi connectivity index (χ1n) is 7.14. The Morgan fingerprint density at radius 2 is 0.688 bits per heavy atom. The summed E-state index contributed by atoms with van der Waals surface area (Å²) in [5, 5.41) is 63.2. The first kappa shape index (κ1) is 28.3. The molecule has 0 spiro atoms. The van der Waals surface area contributed by atoms with Gasteiger partial charge in [-0.2, -0.15) is 0 Å². The molecular weight excluding hydrogens is 493 g/mol. The van der Waals surface area contributed by atoms with E-state index in [1.807, 2.05) is 0 Å². The lowest BCUT2D eigenvalue weighted by Gasteiger charge is -2.29. The third-order valence-corrected chi connectivity index (χ3v) is 4.10. The van der Waals surface area contributed by atoms with E-state index < -0.39 is 82.9 Å². The Morgan fingerprint density at radius 1 is 0.531 bits per heavy atom. The van der Waals surface area contributed by atoms with Gasteiger partial charge in [-0.1, -0.05) is 13.2 Å². The van der Waals surface area contributed by atoms with Gasteiger partial charge in [-0.25, -0.2) is 0 Å². The van der Waals surface area contributed by atoms with E-state index in [0.717, 1.165) is 0 Å². The Bertz CT molecular complexity index is 683. The third-order valence-electron chi connectivity index (χ3n) is 3.23. The Kier molecular flexibility index (Phi) is 8.50. The van der Waals surface area contributed by atoms with Crippen LogP contribution >= 0.6 is 0 Å². The van der Waals surface area contributed by atoms with E-state index in [0.29, 0.717) is 0 Å². The molecule has 0 N–H and O–H groups in total. The molecule has 0 saturated carbocycles. The monoisotopic (exact) mass is 502 g/mol. The summed E-state index contributed by atoms with van der Waals surface area (Å²) in [5.41, 5.74) is -3.48. The number of nitrogens with zero attached hydrogens (tertiary/aromatic N) is 6. The molecule has 0 saturated heterocycles. The van der Waals surface area contributed by atoms with Crippen molar-refractivity contribution in [2.75, 3.05) is 19.8 Å². The standard InChI is InChI=1S/C7H9F3N6O15Si/c8-4(11(17)18,12(19)20)1-29-7(32,30-2-5(9,13(21)22)14(23)24)31-3-6(10,15(25)26)16(27)28/h1-3H2,32H3. The molecule has 32 heavy (non-hydrogen) atoms. The predicted octanol–water partition coefficient (Wildman–Crippen LogP) is -2.46. The Balaban J connectivity index is 6.00. The Labute approximate surface area is 172 Å². The van der Waals surface area contributed by atoms with E-state index >= 15 is 0 Å². The van der Waals surface area contributed by atoms with Crippen molar-refractivity contribution in [3.63, 3.8) is 0 Å². The van der Waals surface area contributed by atoms with Crippen LogP contribution in [0.5, 0.6) is 0 Å². The van der Waals surface area contributed by atoms with E-state index in [9.17, 15) is 73.9 Å². The van der Waals surface area contributed by atoms with Crippen molar-refractivity contribution < 1.29 is 56.9 Å². The fourth-order valence-electron chi connectivity index (χ4n) is 1.31. The normalized spacial score (nSPS) is 12.8. The minimum atomic E-state index is -4.71.